The molecular formula is C21H25N3O3S. The molecule has 0 aromatic heterocycles. The van der Waals surface area contributed by atoms with Crippen LogP contribution >= 0.6 is 12.2 Å². The Morgan fingerprint density at radius 3 is 2.54 bits per heavy atom. The van der Waals surface area contributed by atoms with Crippen LogP contribution in [-0.2, 0) is 9.53 Å². The molecule has 1 aliphatic heterocycles. The zero-order valence-corrected chi connectivity index (χ0v) is 17.0. The van der Waals surface area contributed by atoms with Crippen LogP contribution < -0.4 is 20.3 Å². The van der Waals surface area contributed by atoms with E-state index in [9.17, 15) is 4.79 Å². The van der Waals surface area contributed by atoms with Crippen molar-refractivity contribution in [1.29, 1.82) is 0 Å². The maximum absolute atomic E-state index is 12.2. The van der Waals surface area contributed by atoms with Crippen LogP contribution in [0.15, 0.2) is 42.5 Å². The van der Waals surface area contributed by atoms with Gasteiger partial charge in [-0.1, -0.05) is 18.2 Å². The summed E-state index contributed by atoms with van der Waals surface area (Å²) in [6, 6.07) is 13.7. The molecule has 2 aromatic rings. The number of hydrogen-bond donors (Lipinski definition) is 2. The van der Waals surface area contributed by atoms with Crippen LogP contribution in [0.25, 0.3) is 0 Å². The number of ether oxygens (including phenoxy) is 2. The van der Waals surface area contributed by atoms with Gasteiger partial charge < -0.3 is 19.7 Å². The Balaban J connectivity index is 1.54. The van der Waals surface area contributed by atoms with Crippen LogP contribution in [0, 0.1) is 13.8 Å². The minimum atomic E-state index is -0.305. The molecule has 1 heterocycles. The molecule has 7 heteroatoms. The summed E-state index contributed by atoms with van der Waals surface area (Å²) in [6.07, 6.45) is 0. The Hall–Kier alpha value is -2.64. The fraction of sp³-hybridized carbons (Fsp3) is 0.333. The number of nitrogens with zero attached hydrogens (tertiary/aromatic N) is 1. The summed E-state index contributed by atoms with van der Waals surface area (Å²) in [5.41, 5.74) is 4.07. The summed E-state index contributed by atoms with van der Waals surface area (Å²) in [5, 5.41) is 6.03. The van der Waals surface area contributed by atoms with Gasteiger partial charge in [0.1, 0.15) is 5.75 Å². The standard InChI is InChI=1S/C21H25N3O3S/c1-15-11-16(2)13-17(12-15)27-14-20(25)23-21(28)22-18-5-3-4-6-19(18)24-7-9-26-10-8-24/h3-6,11-13H,7-10,14H2,1-2H3,(H2,22,23,25,28). The highest BCUT2D eigenvalue weighted by molar-refractivity contribution is 7.80. The average molecular weight is 400 g/mol. The number of carbonyl (C=O) groups is 1. The van der Waals surface area contributed by atoms with Crippen molar-refractivity contribution in [3.8, 4) is 5.75 Å². The predicted molar refractivity (Wildman–Crippen MR) is 115 cm³/mol. The lowest BCUT2D eigenvalue weighted by atomic mass is 10.1. The monoisotopic (exact) mass is 399 g/mol. The number of benzene rings is 2. The van der Waals surface area contributed by atoms with E-state index in [4.69, 9.17) is 21.7 Å². The molecule has 1 aliphatic rings. The zero-order chi connectivity index (χ0) is 19.9. The fourth-order valence-corrected chi connectivity index (χ4v) is 3.36. The van der Waals surface area contributed by atoms with E-state index in [2.05, 4.69) is 21.6 Å². The van der Waals surface area contributed by atoms with Crippen LogP contribution in [0.3, 0.4) is 0 Å². The quantitative estimate of drug-likeness (QED) is 0.754. The lowest BCUT2D eigenvalue weighted by molar-refractivity contribution is -0.121. The molecule has 1 saturated heterocycles. The van der Waals surface area contributed by atoms with Crippen molar-refractivity contribution in [3.63, 3.8) is 0 Å². The molecular weight excluding hydrogens is 374 g/mol. The highest BCUT2D eigenvalue weighted by Crippen LogP contribution is 2.26. The minimum absolute atomic E-state index is 0.101. The number of rotatable bonds is 5. The topological polar surface area (TPSA) is 62.8 Å². The number of hydrogen-bond acceptors (Lipinski definition) is 5. The SMILES string of the molecule is Cc1cc(C)cc(OCC(=O)NC(=S)Nc2ccccc2N2CCOCC2)c1. The Morgan fingerprint density at radius 1 is 1.14 bits per heavy atom. The molecule has 0 saturated carbocycles. The van der Waals surface area contributed by atoms with E-state index in [1.165, 1.54) is 0 Å². The van der Waals surface area contributed by atoms with Gasteiger partial charge in [0.25, 0.3) is 5.91 Å². The van der Waals surface area contributed by atoms with Gasteiger partial charge in [-0.2, -0.15) is 0 Å². The van der Waals surface area contributed by atoms with Gasteiger partial charge in [0.2, 0.25) is 0 Å². The van der Waals surface area contributed by atoms with Gasteiger partial charge >= 0.3 is 0 Å². The van der Waals surface area contributed by atoms with E-state index in [1.54, 1.807) is 0 Å². The molecule has 148 valence electrons. The lowest BCUT2D eigenvalue weighted by Gasteiger charge is -2.30. The van der Waals surface area contributed by atoms with Gasteiger partial charge in [0, 0.05) is 13.1 Å². The Morgan fingerprint density at radius 2 is 1.82 bits per heavy atom. The summed E-state index contributed by atoms with van der Waals surface area (Å²) in [6.45, 7) is 6.92. The smallest absolute Gasteiger partial charge is 0.264 e. The number of thiocarbonyl (C=S) groups is 1. The third-order valence-corrected chi connectivity index (χ3v) is 4.53. The lowest BCUT2D eigenvalue weighted by Crippen LogP contribution is -2.39. The maximum atomic E-state index is 12.2. The second-order valence-corrected chi connectivity index (χ2v) is 7.14. The van der Waals surface area contributed by atoms with Crippen molar-refractivity contribution in [2.45, 2.75) is 13.8 Å². The third-order valence-electron chi connectivity index (χ3n) is 4.32. The zero-order valence-electron chi connectivity index (χ0n) is 16.2. The van der Waals surface area contributed by atoms with Crippen LogP contribution in [0.4, 0.5) is 11.4 Å². The van der Waals surface area contributed by atoms with Gasteiger partial charge in [-0.15, -0.1) is 0 Å². The number of morpholine rings is 1. The van der Waals surface area contributed by atoms with E-state index in [1.807, 2.05) is 50.2 Å². The van der Waals surface area contributed by atoms with Crippen LogP contribution in [-0.4, -0.2) is 43.9 Å². The summed E-state index contributed by atoms with van der Waals surface area (Å²) in [7, 11) is 0. The van der Waals surface area contributed by atoms with Crippen LogP contribution in [0.5, 0.6) is 5.75 Å². The third kappa shape index (κ3) is 5.68. The Bertz CT molecular complexity index is 830. The summed E-state index contributed by atoms with van der Waals surface area (Å²) < 4.78 is 11.0. The first-order chi connectivity index (χ1) is 13.5. The number of amides is 1. The van der Waals surface area contributed by atoms with Crippen LogP contribution in [0.1, 0.15) is 11.1 Å². The highest BCUT2D eigenvalue weighted by Gasteiger charge is 2.15. The molecule has 0 atom stereocenters. The van der Waals surface area contributed by atoms with Crippen molar-refractivity contribution >= 4 is 34.6 Å². The average Bonchev–Trinajstić information content (AvgIpc) is 2.67. The fourth-order valence-electron chi connectivity index (χ4n) is 3.14. The van der Waals surface area contributed by atoms with E-state index in [-0.39, 0.29) is 17.6 Å². The number of anilines is 2. The van der Waals surface area contributed by atoms with Crippen molar-refractivity contribution in [2.24, 2.45) is 0 Å². The molecule has 0 spiro atoms. The predicted octanol–water partition coefficient (Wildman–Crippen LogP) is 3.03. The first kappa shape index (κ1) is 20.1. The van der Waals surface area contributed by atoms with E-state index in [0.717, 1.165) is 35.6 Å². The first-order valence-electron chi connectivity index (χ1n) is 9.25. The van der Waals surface area contributed by atoms with Gasteiger partial charge in [0.15, 0.2) is 11.7 Å². The molecule has 3 rings (SSSR count). The molecule has 6 nitrogen and oxygen atoms in total. The van der Waals surface area contributed by atoms with Gasteiger partial charge in [-0.3, -0.25) is 10.1 Å². The molecule has 0 unspecified atom stereocenters. The maximum Gasteiger partial charge on any atom is 0.264 e. The van der Waals surface area contributed by atoms with Gasteiger partial charge in [-0.05, 0) is 61.5 Å². The Kier molecular flexibility index (Phi) is 6.84. The number of nitrogens with one attached hydrogen (secondary N) is 2. The van der Waals surface area contributed by atoms with E-state index in [0.29, 0.717) is 19.0 Å². The normalized spacial score (nSPS) is 13.7. The van der Waals surface area contributed by atoms with Crippen molar-refractivity contribution in [2.75, 3.05) is 43.1 Å². The van der Waals surface area contributed by atoms with E-state index >= 15 is 0 Å². The Labute approximate surface area is 170 Å². The summed E-state index contributed by atoms with van der Waals surface area (Å²) >= 11 is 5.30. The second kappa shape index (κ2) is 9.52. The van der Waals surface area contributed by atoms with Crippen molar-refractivity contribution in [1.82, 2.24) is 5.32 Å². The molecule has 2 N–H and O–H groups in total. The highest BCUT2D eigenvalue weighted by atomic mass is 32.1. The summed E-state index contributed by atoms with van der Waals surface area (Å²) in [5.74, 6) is 0.365. The molecule has 0 radical (unpaired) electrons. The molecule has 1 fully saturated rings. The number of aryl methyl sites for hydroxylation is 2. The van der Waals surface area contributed by atoms with E-state index < -0.39 is 0 Å². The molecule has 0 aliphatic carbocycles. The second-order valence-electron chi connectivity index (χ2n) is 6.73. The first-order valence-corrected chi connectivity index (χ1v) is 9.66. The molecule has 28 heavy (non-hydrogen) atoms. The number of para-hydroxylation sites is 2. The van der Waals surface area contributed by atoms with Crippen molar-refractivity contribution < 1.29 is 14.3 Å². The summed E-state index contributed by atoms with van der Waals surface area (Å²) in [4.78, 5) is 14.4. The molecule has 1 amide bonds. The largest absolute Gasteiger partial charge is 0.484 e. The molecule has 0 bridgehead atoms. The molecule has 2 aromatic carbocycles. The van der Waals surface area contributed by atoms with Crippen molar-refractivity contribution in [3.05, 3.63) is 53.6 Å². The minimum Gasteiger partial charge on any atom is -0.484 e. The van der Waals surface area contributed by atoms with Gasteiger partial charge in [-0.25, -0.2) is 0 Å². The van der Waals surface area contributed by atoms with Crippen LogP contribution in [0.2, 0.25) is 0 Å². The number of carbonyl (C=O) groups excluding carboxylic acids is 1. The van der Waals surface area contributed by atoms with Gasteiger partial charge in [0.05, 0.1) is 24.6 Å².